The van der Waals surface area contributed by atoms with Crippen LogP contribution in [0.3, 0.4) is 0 Å². The molecule has 0 spiro atoms. The zero-order chi connectivity index (χ0) is 15.5. The number of benzene rings is 2. The van der Waals surface area contributed by atoms with E-state index >= 15 is 0 Å². The van der Waals surface area contributed by atoms with Gasteiger partial charge >= 0.3 is 0 Å². The van der Waals surface area contributed by atoms with Gasteiger partial charge in [-0.1, -0.05) is 17.8 Å². The van der Waals surface area contributed by atoms with E-state index in [1.54, 1.807) is 5.41 Å². The first-order chi connectivity index (χ1) is 10.6. The zero-order valence-electron chi connectivity index (χ0n) is 11.8. The van der Waals surface area contributed by atoms with Crippen LogP contribution in [0, 0.1) is 12.7 Å². The van der Waals surface area contributed by atoms with Crippen molar-refractivity contribution in [2.75, 3.05) is 0 Å². The first-order valence-electron chi connectivity index (χ1n) is 6.71. The van der Waals surface area contributed by atoms with Gasteiger partial charge in [-0.15, -0.1) is 0 Å². The molecule has 0 aliphatic rings. The van der Waals surface area contributed by atoms with E-state index in [-0.39, 0.29) is 11.6 Å². The van der Waals surface area contributed by atoms with Crippen molar-refractivity contribution in [3.63, 3.8) is 0 Å². The Labute approximate surface area is 131 Å². The smallest absolute Gasteiger partial charge is 0.186 e. The highest BCUT2D eigenvalue weighted by Gasteiger charge is 2.04. The molecule has 1 aromatic heterocycles. The normalized spacial score (nSPS) is 11.4. The number of thioether (sulfide) groups is 1. The van der Waals surface area contributed by atoms with Crippen LogP contribution in [0.5, 0.6) is 0 Å². The lowest BCUT2D eigenvalue weighted by Gasteiger charge is -1.94. The van der Waals surface area contributed by atoms with Crippen molar-refractivity contribution < 1.29 is 9.18 Å². The van der Waals surface area contributed by atoms with Gasteiger partial charge in [0.15, 0.2) is 10.9 Å². The van der Waals surface area contributed by atoms with E-state index < -0.39 is 0 Å². The van der Waals surface area contributed by atoms with E-state index in [0.717, 1.165) is 21.8 Å². The summed E-state index contributed by atoms with van der Waals surface area (Å²) in [6.07, 6.45) is 1.45. The summed E-state index contributed by atoms with van der Waals surface area (Å²) in [6.45, 7) is 2.02. The molecule has 0 bridgehead atoms. The molecule has 0 unspecified atom stereocenters. The lowest BCUT2D eigenvalue weighted by atomic mass is 10.1. The van der Waals surface area contributed by atoms with Crippen LogP contribution in [-0.4, -0.2) is 15.8 Å². The minimum absolute atomic E-state index is 0.167. The van der Waals surface area contributed by atoms with Crippen molar-refractivity contribution in [1.82, 2.24) is 9.97 Å². The monoisotopic (exact) mass is 312 g/mol. The number of H-pyrrole nitrogens is 1. The summed E-state index contributed by atoms with van der Waals surface area (Å²) in [5.74, 6) is -0.521. The number of nitrogens with zero attached hydrogens (tertiary/aromatic N) is 1. The van der Waals surface area contributed by atoms with Crippen molar-refractivity contribution in [2.24, 2.45) is 0 Å². The number of imidazole rings is 1. The van der Waals surface area contributed by atoms with Crippen LogP contribution in [0.25, 0.3) is 11.0 Å². The number of hydrogen-bond acceptors (Lipinski definition) is 3. The highest BCUT2D eigenvalue weighted by Crippen LogP contribution is 2.21. The van der Waals surface area contributed by atoms with E-state index in [0.29, 0.717) is 5.56 Å². The standard InChI is InChI=1S/C17H13FN2OS/c1-11-2-7-14-15(10-11)20-17(19-14)22-9-8-16(21)12-3-5-13(18)6-4-12/h2-10H,1H3,(H,19,20). The molecule has 0 aliphatic carbocycles. The third kappa shape index (κ3) is 3.26. The number of carbonyl (C=O) groups is 1. The molecule has 1 heterocycles. The maximum absolute atomic E-state index is 12.8. The molecular formula is C17H13FN2OS. The maximum atomic E-state index is 12.8. The van der Waals surface area contributed by atoms with Gasteiger partial charge in [-0.05, 0) is 60.4 Å². The van der Waals surface area contributed by atoms with Gasteiger partial charge in [0.2, 0.25) is 0 Å². The fourth-order valence-electron chi connectivity index (χ4n) is 2.03. The van der Waals surface area contributed by atoms with Gasteiger partial charge in [0.05, 0.1) is 11.0 Å². The van der Waals surface area contributed by atoms with Crippen LogP contribution in [0.4, 0.5) is 4.39 Å². The lowest BCUT2D eigenvalue weighted by Crippen LogP contribution is -1.93. The average molecular weight is 312 g/mol. The topological polar surface area (TPSA) is 45.8 Å². The Morgan fingerprint density at radius 2 is 2.00 bits per heavy atom. The van der Waals surface area contributed by atoms with Gasteiger partial charge in [0.25, 0.3) is 0 Å². The summed E-state index contributed by atoms with van der Waals surface area (Å²) in [6, 6.07) is 11.5. The largest absolute Gasteiger partial charge is 0.333 e. The Kier molecular flexibility index (Phi) is 4.06. The number of aromatic nitrogens is 2. The number of halogens is 1. The second kappa shape index (κ2) is 6.15. The van der Waals surface area contributed by atoms with Crippen molar-refractivity contribution in [3.05, 3.63) is 70.9 Å². The molecule has 0 saturated heterocycles. The van der Waals surface area contributed by atoms with Crippen LogP contribution in [0.1, 0.15) is 15.9 Å². The fraction of sp³-hybridized carbons (Fsp3) is 0.0588. The summed E-state index contributed by atoms with van der Waals surface area (Å²) < 4.78 is 12.8. The molecule has 3 aromatic rings. The molecular weight excluding hydrogens is 299 g/mol. The number of rotatable bonds is 4. The second-order valence-electron chi connectivity index (χ2n) is 4.85. The number of aromatic amines is 1. The number of aryl methyl sites for hydroxylation is 1. The van der Waals surface area contributed by atoms with Crippen molar-refractivity contribution in [1.29, 1.82) is 0 Å². The SMILES string of the molecule is Cc1ccc2nc(SC=CC(=O)c3ccc(F)cc3)[nH]c2c1. The first-order valence-corrected chi connectivity index (χ1v) is 7.59. The number of fused-ring (bicyclic) bond motifs is 1. The molecule has 22 heavy (non-hydrogen) atoms. The minimum atomic E-state index is -0.354. The van der Waals surface area contributed by atoms with Crippen molar-refractivity contribution in [2.45, 2.75) is 12.1 Å². The fourth-order valence-corrected chi connectivity index (χ4v) is 2.67. The van der Waals surface area contributed by atoms with Crippen LogP contribution in [0.15, 0.2) is 59.1 Å². The molecule has 2 aromatic carbocycles. The molecule has 110 valence electrons. The van der Waals surface area contributed by atoms with Crippen LogP contribution < -0.4 is 0 Å². The van der Waals surface area contributed by atoms with E-state index in [1.807, 2.05) is 25.1 Å². The summed E-state index contributed by atoms with van der Waals surface area (Å²) in [5, 5.41) is 2.40. The third-order valence-electron chi connectivity index (χ3n) is 3.14. The second-order valence-corrected chi connectivity index (χ2v) is 5.75. The Balaban J connectivity index is 1.70. The average Bonchev–Trinajstić information content (AvgIpc) is 2.89. The summed E-state index contributed by atoms with van der Waals surface area (Å²) >= 11 is 1.34. The Hall–Kier alpha value is -2.40. The van der Waals surface area contributed by atoms with Crippen LogP contribution >= 0.6 is 11.8 Å². The molecule has 0 fully saturated rings. The van der Waals surface area contributed by atoms with Gasteiger partial charge in [-0.2, -0.15) is 0 Å². The first kappa shape index (κ1) is 14.5. The third-order valence-corrected chi connectivity index (χ3v) is 3.83. The van der Waals surface area contributed by atoms with Gasteiger partial charge in [0, 0.05) is 5.56 Å². The van der Waals surface area contributed by atoms with Gasteiger partial charge in [0.1, 0.15) is 5.82 Å². The number of ketones is 1. The van der Waals surface area contributed by atoms with Gasteiger partial charge in [-0.25, -0.2) is 9.37 Å². The van der Waals surface area contributed by atoms with Crippen LogP contribution in [-0.2, 0) is 0 Å². The molecule has 3 rings (SSSR count). The lowest BCUT2D eigenvalue weighted by molar-refractivity contribution is 0.104. The number of hydrogen-bond donors (Lipinski definition) is 1. The highest BCUT2D eigenvalue weighted by molar-refractivity contribution is 8.02. The molecule has 0 radical (unpaired) electrons. The van der Waals surface area contributed by atoms with E-state index in [4.69, 9.17) is 0 Å². The van der Waals surface area contributed by atoms with Gasteiger partial charge < -0.3 is 4.98 Å². The maximum Gasteiger partial charge on any atom is 0.186 e. The Bertz CT molecular complexity index is 853. The number of nitrogens with one attached hydrogen (secondary N) is 1. The van der Waals surface area contributed by atoms with E-state index in [1.165, 1.54) is 42.1 Å². The predicted molar refractivity (Wildman–Crippen MR) is 86.6 cm³/mol. The molecule has 0 saturated carbocycles. The zero-order valence-corrected chi connectivity index (χ0v) is 12.7. The molecule has 0 amide bonds. The van der Waals surface area contributed by atoms with Crippen molar-refractivity contribution in [3.8, 4) is 0 Å². The highest BCUT2D eigenvalue weighted by atomic mass is 32.2. The Morgan fingerprint density at radius 1 is 1.23 bits per heavy atom. The predicted octanol–water partition coefficient (Wildman–Crippen LogP) is 4.50. The van der Waals surface area contributed by atoms with E-state index in [2.05, 4.69) is 9.97 Å². The molecule has 3 nitrogen and oxygen atoms in total. The molecule has 0 aliphatic heterocycles. The molecule has 5 heteroatoms. The summed E-state index contributed by atoms with van der Waals surface area (Å²) in [5.41, 5.74) is 3.49. The van der Waals surface area contributed by atoms with Gasteiger partial charge in [-0.3, -0.25) is 4.79 Å². The number of allylic oxidation sites excluding steroid dienone is 1. The minimum Gasteiger partial charge on any atom is -0.333 e. The van der Waals surface area contributed by atoms with Crippen molar-refractivity contribution >= 4 is 28.6 Å². The summed E-state index contributed by atoms with van der Waals surface area (Å²) in [4.78, 5) is 19.5. The molecule has 1 N–H and O–H groups in total. The van der Waals surface area contributed by atoms with E-state index in [9.17, 15) is 9.18 Å². The Morgan fingerprint density at radius 3 is 2.77 bits per heavy atom. The summed E-state index contributed by atoms with van der Waals surface area (Å²) in [7, 11) is 0. The van der Waals surface area contributed by atoms with Crippen LogP contribution in [0.2, 0.25) is 0 Å². The molecule has 0 atom stereocenters. The quantitative estimate of drug-likeness (QED) is 0.438. The number of carbonyl (C=O) groups excluding carboxylic acids is 1.